The lowest BCUT2D eigenvalue weighted by Gasteiger charge is -2.13. The molecule has 0 aliphatic carbocycles. The molecule has 0 bridgehead atoms. The average molecular weight is 291 g/mol. The summed E-state index contributed by atoms with van der Waals surface area (Å²) in [5.74, 6) is 0.793. The minimum atomic E-state index is -0.167. The maximum atomic E-state index is 12.8. The van der Waals surface area contributed by atoms with E-state index in [0.717, 1.165) is 5.56 Å². The van der Waals surface area contributed by atoms with E-state index >= 15 is 0 Å². The van der Waals surface area contributed by atoms with Crippen molar-refractivity contribution in [1.82, 2.24) is 0 Å². The molecule has 2 aromatic carbocycles. The zero-order valence-corrected chi connectivity index (χ0v) is 12.3. The topological polar surface area (TPSA) is 35.5 Å². The Hall–Kier alpha value is -2.00. The molecule has 4 heteroatoms. The van der Waals surface area contributed by atoms with Crippen LogP contribution in [0.5, 0.6) is 11.5 Å². The van der Waals surface area contributed by atoms with Gasteiger partial charge in [0.25, 0.3) is 0 Å². The summed E-state index contributed by atoms with van der Waals surface area (Å²) in [7, 11) is 3.05. The summed E-state index contributed by atoms with van der Waals surface area (Å²) in [5.41, 5.74) is 1.69. The molecular weight excluding hydrogens is 276 g/mol. The van der Waals surface area contributed by atoms with Crippen molar-refractivity contribution < 1.29 is 14.3 Å². The van der Waals surface area contributed by atoms with Gasteiger partial charge in [-0.15, -0.1) is 0 Å². The molecule has 104 valence electrons. The number of rotatable bonds is 4. The molecule has 2 aromatic rings. The third-order valence-electron chi connectivity index (χ3n) is 3.17. The third-order valence-corrected chi connectivity index (χ3v) is 3.58. The Kier molecular flexibility index (Phi) is 4.30. The Morgan fingerprint density at radius 2 is 1.55 bits per heavy atom. The van der Waals surface area contributed by atoms with Crippen molar-refractivity contribution in [3.05, 3.63) is 58.1 Å². The first kappa shape index (κ1) is 14.4. The van der Waals surface area contributed by atoms with Crippen LogP contribution in [0.4, 0.5) is 0 Å². The predicted octanol–water partition coefficient (Wildman–Crippen LogP) is 3.90. The summed E-state index contributed by atoms with van der Waals surface area (Å²) in [5, 5.41) is 0.560. The molecule has 0 atom stereocenters. The summed E-state index contributed by atoms with van der Waals surface area (Å²) in [6.45, 7) is 1.82. The maximum Gasteiger partial charge on any atom is 0.200 e. The third kappa shape index (κ3) is 2.49. The Balaban J connectivity index is 2.61. The van der Waals surface area contributed by atoms with Crippen LogP contribution in [0.1, 0.15) is 21.5 Å². The SMILES string of the molecule is COc1cccc(OC)c1C(=O)c1cccc(Cl)c1C. The molecule has 2 rings (SSSR count). The predicted molar refractivity (Wildman–Crippen MR) is 79.2 cm³/mol. The first-order chi connectivity index (χ1) is 9.60. The van der Waals surface area contributed by atoms with Crippen molar-refractivity contribution in [2.45, 2.75) is 6.92 Å². The molecule has 0 aliphatic heterocycles. The first-order valence-corrected chi connectivity index (χ1v) is 6.48. The second-order valence-corrected chi connectivity index (χ2v) is 4.69. The molecule has 0 aromatic heterocycles. The van der Waals surface area contributed by atoms with Crippen LogP contribution >= 0.6 is 11.6 Å². The molecule has 0 fully saturated rings. The second kappa shape index (κ2) is 5.97. The molecule has 20 heavy (non-hydrogen) atoms. The van der Waals surface area contributed by atoms with Gasteiger partial charge in [-0.05, 0) is 30.7 Å². The van der Waals surface area contributed by atoms with E-state index in [1.165, 1.54) is 14.2 Å². The van der Waals surface area contributed by atoms with Crippen LogP contribution in [0.2, 0.25) is 5.02 Å². The van der Waals surface area contributed by atoms with Crippen molar-refractivity contribution >= 4 is 17.4 Å². The van der Waals surface area contributed by atoms with Gasteiger partial charge in [0.15, 0.2) is 0 Å². The highest BCUT2D eigenvalue weighted by Crippen LogP contribution is 2.32. The van der Waals surface area contributed by atoms with E-state index in [0.29, 0.717) is 27.6 Å². The fourth-order valence-electron chi connectivity index (χ4n) is 2.06. The Morgan fingerprint density at radius 1 is 1.00 bits per heavy atom. The van der Waals surface area contributed by atoms with Gasteiger partial charge >= 0.3 is 0 Å². The van der Waals surface area contributed by atoms with Crippen molar-refractivity contribution in [3.63, 3.8) is 0 Å². The summed E-state index contributed by atoms with van der Waals surface area (Å²) < 4.78 is 10.5. The molecule has 0 saturated heterocycles. The second-order valence-electron chi connectivity index (χ2n) is 4.28. The van der Waals surface area contributed by atoms with Crippen LogP contribution in [0.3, 0.4) is 0 Å². The highest BCUT2D eigenvalue weighted by atomic mass is 35.5. The number of benzene rings is 2. The van der Waals surface area contributed by atoms with Crippen LogP contribution in [-0.4, -0.2) is 20.0 Å². The number of methoxy groups -OCH3 is 2. The van der Waals surface area contributed by atoms with Gasteiger partial charge in [0.2, 0.25) is 5.78 Å². The van der Waals surface area contributed by atoms with Crippen molar-refractivity contribution in [2.24, 2.45) is 0 Å². The van der Waals surface area contributed by atoms with Crippen LogP contribution in [0.25, 0.3) is 0 Å². The number of halogens is 1. The minimum absolute atomic E-state index is 0.167. The van der Waals surface area contributed by atoms with E-state index in [2.05, 4.69) is 0 Å². The highest BCUT2D eigenvalue weighted by Gasteiger charge is 2.21. The van der Waals surface area contributed by atoms with E-state index in [-0.39, 0.29) is 5.78 Å². The summed E-state index contributed by atoms with van der Waals surface area (Å²) >= 11 is 6.08. The van der Waals surface area contributed by atoms with Gasteiger partial charge in [-0.1, -0.05) is 29.8 Å². The van der Waals surface area contributed by atoms with E-state index < -0.39 is 0 Å². The molecule has 0 aliphatic rings. The van der Waals surface area contributed by atoms with E-state index in [1.54, 1.807) is 36.4 Å². The van der Waals surface area contributed by atoms with Crippen molar-refractivity contribution in [3.8, 4) is 11.5 Å². The van der Waals surface area contributed by atoms with Crippen molar-refractivity contribution in [2.75, 3.05) is 14.2 Å². The fourth-order valence-corrected chi connectivity index (χ4v) is 2.24. The number of ether oxygens (including phenoxy) is 2. The lowest BCUT2D eigenvalue weighted by molar-refractivity contribution is 0.103. The lowest BCUT2D eigenvalue weighted by Crippen LogP contribution is -2.08. The molecule has 0 unspecified atom stereocenters. The molecule has 0 radical (unpaired) electrons. The maximum absolute atomic E-state index is 12.8. The normalized spacial score (nSPS) is 10.2. The molecule has 3 nitrogen and oxygen atoms in total. The zero-order valence-electron chi connectivity index (χ0n) is 11.6. The molecule has 0 amide bonds. The Labute approximate surface area is 123 Å². The van der Waals surface area contributed by atoms with Gasteiger partial charge < -0.3 is 9.47 Å². The lowest BCUT2D eigenvalue weighted by atomic mass is 9.97. The number of carbonyl (C=O) groups excluding carboxylic acids is 1. The van der Waals surface area contributed by atoms with Crippen LogP contribution in [0, 0.1) is 6.92 Å². The van der Waals surface area contributed by atoms with Gasteiger partial charge in [0, 0.05) is 10.6 Å². The van der Waals surface area contributed by atoms with Crippen LogP contribution in [-0.2, 0) is 0 Å². The quantitative estimate of drug-likeness (QED) is 0.801. The van der Waals surface area contributed by atoms with Crippen molar-refractivity contribution in [1.29, 1.82) is 0 Å². The van der Waals surface area contributed by atoms with E-state index in [1.807, 2.05) is 6.92 Å². The molecule has 0 heterocycles. The van der Waals surface area contributed by atoms with Crippen LogP contribution < -0.4 is 9.47 Å². The average Bonchev–Trinajstić information content (AvgIpc) is 2.48. The summed E-state index contributed by atoms with van der Waals surface area (Å²) in [6.07, 6.45) is 0. The van der Waals surface area contributed by atoms with E-state index in [9.17, 15) is 4.79 Å². The highest BCUT2D eigenvalue weighted by molar-refractivity contribution is 6.32. The molecular formula is C16H15ClO3. The monoisotopic (exact) mass is 290 g/mol. The summed E-state index contributed by atoms with van der Waals surface area (Å²) in [6, 6.07) is 10.5. The van der Waals surface area contributed by atoms with Gasteiger partial charge in [-0.2, -0.15) is 0 Å². The van der Waals surface area contributed by atoms with E-state index in [4.69, 9.17) is 21.1 Å². The fraction of sp³-hybridized carbons (Fsp3) is 0.188. The standard InChI is InChI=1S/C16H15ClO3/c1-10-11(6-4-7-12(10)17)16(18)15-13(19-2)8-5-9-14(15)20-3/h4-9H,1-3H3. The Bertz CT molecular complexity index is 628. The number of ketones is 1. The zero-order chi connectivity index (χ0) is 14.7. The number of hydrogen-bond donors (Lipinski definition) is 0. The summed E-state index contributed by atoms with van der Waals surface area (Å²) in [4.78, 5) is 12.8. The largest absolute Gasteiger partial charge is 0.496 e. The number of hydrogen-bond acceptors (Lipinski definition) is 3. The molecule has 0 N–H and O–H groups in total. The molecule has 0 spiro atoms. The Morgan fingerprint density at radius 3 is 2.10 bits per heavy atom. The molecule has 0 saturated carbocycles. The van der Waals surface area contributed by atoms with Gasteiger partial charge in [-0.3, -0.25) is 4.79 Å². The van der Waals surface area contributed by atoms with Gasteiger partial charge in [0.1, 0.15) is 17.1 Å². The smallest absolute Gasteiger partial charge is 0.200 e. The first-order valence-electron chi connectivity index (χ1n) is 6.11. The number of carbonyl (C=O) groups is 1. The van der Waals surface area contributed by atoms with Crippen LogP contribution in [0.15, 0.2) is 36.4 Å². The van der Waals surface area contributed by atoms with Gasteiger partial charge in [0.05, 0.1) is 14.2 Å². The minimum Gasteiger partial charge on any atom is -0.496 e. The van der Waals surface area contributed by atoms with Gasteiger partial charge in [-0.25, -0.2) is 0 Å².